The molecule has 10 heteroatoms. The molecule has 4 atom stereocenters. The number of hydrogen-bond acceptors (Lipinski definition) is 5. The maximum atomic E-state index is 13.6. The molecule has 0 saturated carbocycles. The Bertz CT molecular complexity index is 1120. The summed E-state index contributed by atoms with van der Waals surface area (Å²) in [5, 5.41) is 1.91. The molecule has 4 aliphatic rings. The predicted octanol–water partition coefficient (Wildman–Crippen LogP) is 3.20. The van der Waals surface area contributed by atoms with Gasteiger partial charge < -0.3 is 9.80 Å². The van der Waals surface area contributed by atoms with Crippen LogP contribution >= 0.6 is 0 Å². The molecular weight excluding hydrogens is 502 g/mol. The van der Waals surface area contributed by atoms with Gasteiger partial charge in [0.15, 0.2) is 0 Å². The number of rotatable bonds is 5. The fourth-order valence-electron chi connectivity index (χ4n) is 7.17. The molecule has 0 bridgehead atoms. The van der Waals surface area contributed by atoms with E-state index >= 15 is 0 Å². The highest BCUT2D eigenvalue weighted by atomic mass is 32.2. The van der Waals surface area contributed by atoms with E-state index in [0.29, 0.717) is 42.3 Å². The third-order valence-corrected chi connectivity index (χ3v) is 11.6. The van der Waals surface area contributed by atoms with Crippen LogP contribution in [0.4, 0.5) is 5.69 Å². The van der Waals surface area contributed by atoms with E-state index in [4.69, 9.17) is 0 Å². The predicted molar refractivity (Wildman–Crippen MR) is 147 cm³/mol. The van der Waals surface area contributed by atoms with Gasteiger partial charge >= 0.3 is 0 Å². The summed E-state index contributed by atoms with van der Waals surface area (Å²) in [7, 11) is 0.357. The van der Waals surface area contributed by atoms with Gasteiger partial charge in [0.25, 0.3) is 0 Å². The molecular formula is C28H44N5O4S+. The van der Waals surface area contributed by atoms with Crippen LogP contribution in [0.3, 0.4) is 0 Å². The Morgan fingerprint density at radius 2 is 1.50 bits per heavy atom. The monoisotopic (exact) mass is 546 g/mol. The zero-order valence-corrected chi connectivity index (χ0v) is 24.1. The number of hydrogen-bond donors (Lipinski definition) is 0. The lowest BCUT2D eigenvalue weighted by molar-refractivity contribution is -0.716. The van der Waals surface area contributed by atoms with Crippen LogP contribution in [0.1, 0.15) is 52.4 Å². The number of likely N-dealkylation sites (tertiary alicyclic amines) is 1. The summed E-state index contributed by atoms with van der Waals surface area (Å²) in [4.78, 5) is 32.0. The summed E-state index contributed by atoms with van der Waals surface area (Å²) < 4.78 is 28.2. The number of fused-ring (bicyclic) bond motifs is 1. The number of benzene rings is 1. The molecule has 0 radical (unpaired) electrons. The minimum Gasteiger partial charge on any atom is -0.378 e. The van der Waals surface area contributed by atoms with Crippen LogP contribution in [0.5, 0.6) is 0 Å². The molecule has 4 fully saturated rings. The lowest BCUT2D eigenvalue weighted by atomic mass is 9.74. The Balaban J connectivity index is 1.22. The minimum absolute atomic E-state index is 0.0509. The van der Waals surface area contributed by atoms with E-state index < -0.39 is 10.0 Å². The Kier molecular flexibility index (Phi) is 7.75. The molecule has 0 spiro atoms. The summed E-state index contributed by atoms with van der Waals surface area (Å²) in [6.45, 7) is 7.46. The standard InChI is InChI=1S/C28H44N5O4S/c1-20-9-14-30(15-10-20)28(34)27-21(2)33(35)32-18-13-23(19-26(27)32)22-11-16-31(17-12-22)38(36,37)25-7-5-24(6-8-25)29(3)4/h5-8,20-23,26-27H,9-19H2,1-4H3/q+1. The molecule has 0 aliphatic carbocycles. The molecule has 1 amide bonds. The van der Waals surface area contributed by atoms with Gasteiger partial charge in [0.1, 0.15) is 16.8 Å². The van der Waals surface area contributed by atoms with Crippen molar-refractivity contribution in [3.05, 3.63) is 29.2 Å². The Morgan fingerprint density at radius 1 is 0.895 bits per heavy atom. The molecule has 4 aliphatic heterocycles. The first-order valence-corrected chi connectivity index (χ1v) is 15.8. The van der Waals surface area contributed by atoms with Crippen molar-refractivity contribution in [1.29, 1.82) is 0 Å². The zero-order chi connectivity index (χ0) is 27.2. The van der Waals surface area contributed by atoms with E-state index in [1.54, 1.807) is 16.4 Å². The topological polar surface area (TPSA) is 84.2 Å². The summed E-state index contributed by atoms with van der Waals surface area (Å²) in [5.41, 5.74) is 0.971. The highest BCUT2D eigenvalue weighted by Gasteiger charge is 2.59. The Hall–Kier alpha value is -2.20. The van der Waals surface area contributed by atoms with Crippen LogP contribution in [0.25, 0.3) is 0 Å². The van der Waals surface area contributed by atoms with Crippen molar-refractivity contribution in [2.75, 3.05) is 51.7 Å². The van der Waals surface area contributed by atoms with Gasteiger partial charge in [0.2, 0.25) is 22.0 Å². The average molecular weight is 547 g/mol. The van der Waals surface area contributed by atoms with Crippen LogP contribution < -0.4 is 4.90 Å². The van der Waals surface area contributed by atoms with Crippen LogP contribution in [0.2, 0.25) is 0 Å². The SMILES string of the molecule is CC1CCN(C(=O)C2C3CC(C4CCN(S(=O)(=O)c5ccc(N(C)C)cc5)CC4)CCN3[N+](=O)C2C)CC1. The van der Waals surface area contributed by atoms with Crippen molar-refractivity contribution >= 4 is 21.6 Å². The Labute approximate surface area is 227 Å². The van der Waals surface area contributed by atoms with E-state index in [9.17, 15) is 18.1 Å². The Morgan fingerprint density at radius 3 is 2.11 bits per heavy atom. The number of anilines is 1. The molecule has 0 aromatic heterocycles. The number of amides is 1. The largest absolute Gasteiger partial charge is 0.378 e. The molecule has 1 aromatic carbocycles. The van der Waals surface area contributed by atoms with Gasteiger partial charge in [-0.2, -0.15) is 4.31 Å². The minimum atomic E-state index is -3.52. The van der Waals surface area contributed by atoms with Crippen molar-refractivity contribution < 1.29 is 18.1 Å². The smallest absolute Gasteiger partial charge is 0.245 e. The molecule has 0 N–H and O–H groups in total. The summed E-state index contributed by atoms with van der Waals surface area (Å²) >= 11 is 0. The van der Waals surface area contributed by atoms with E-state index in [1.165, 1.54) is 0 Å². The van der Waals surface area contributed by atoms with Crippen molar-refractivity contribution in [3.63, 3.8) is 0 Å². The second-order valence-corrected chi connectivity index (χ2v) is 14.2. The van der Waals surface area contributed by atoms with Crippen LogP contribution in [0.15, 0.2) is 29.2 Å². The molecule has 1 aromatic rings. The zero-order valence-electron chi connectivity index (χ0n) is 23.3. The summed E-state index contributed by atoms with van der Waals surface area (Å²) in [5.74, 6) is 1.35. The molecule has 9 nitrogen and oxygen atoms in total. The number of hydrazine groups is 1. The summed E-state index contributed by atoms with van der Waals surface area (Å²) in [6.07, 6.45) is 5.48. The van der Waals surface area contributed by atoms with Crippen molar-refractivity contribution in [3.8, 4) is 0 Å². The molecule has 210 valence electrons. The van der Waals surface area contributed by atoms with Gasteiger partial charge in [-0.15, -0.1) is 5.01 Å². The first-order valence-electron chi connectivity index (χ1n) is 14.4. The van der Waals surface area contributed by atoms with Gasteiger partial charge in [-0.3, -0.25) is 4.79 Å². The lowest BCUT2D eigenvalue weighted by Gasteiger charge is -2.40. The van der Waals surface area contributed by atoms with E-state index in [-0.39, 0.29) is 23.9 Å². The third-order valence-electron chi connectivity index (χ3n) is 9.73. The molecule has 4 heterocycles. The second kappa shape index (κ2) is 10.8. The first kappa shape index (κ1) is 27.4. The summed E-state index contributed by atoms with van der Waals surface area (Å²) in [6, 6.07) is 6.70. The quantitative estimate of drug-likeness (QED) is 0.528. The van der Waals surface area contributed by atoms with Crippen LogP contribution in [-0.4, -0.2) is 92.3 Å². The van der Waals surface area contributed by atoms with Crippen LogP contribution in [0, 0.1) is 28.6 Å². The van der Waals surface area contributed by atoms with Gasteiger partial charge in [-0.25, -0.2) is 8.42 Å². The maximum absolute atomic E-state index is 13.6. The molecule has 4 saturated heterocycles. The van der Waals surface area contributed by atoms with Crippen molar-refractivity contribution in [2.45, 2.75) is 69.4 Å². The maximum Gasteiger partial charge on any atom is 0.245 e. The number of sulfonamides is 1. The normalized spacial score (nSPS) is 29.9. The number of carbonyl (C=O) groups is 1. The third kappa shape index (κ3) is 5.06. The van der Waals surface area contributed by atoms with E-state index in [0.717, 1.165) is 62.2 Å². The van der Waals surface area contributed by atoms with Crippen molar-refractivity contribution in [1.82, 2.24) is 14.2 Å². The molecule has 5 rings (SSSR count). The fourth-order valence-corrected chi connectivity index (χ4v) is 8.64. The van der Waals surface area contributed by atoms with Crippen molar-refractivity contribution in [2.24, 2.45) is 23.7 Å². The number of nitrogens with zero attached hydrogens (tertiary/aromatic N) is 5. The van der Waals surface area contributed by atoms with Crippen LogP contribution in [-0.2, 0) is 14.8 Å². The van der Waals surface area contributed by atoms with E-state index in [1.807, 2.05) is 48.0 Å². The van der Waals surface area contributed by atoms with Gasteiger partial charge in [0.05, 0.1) is 16.3 Å². The number of carbonyl (C=O) groups excluding carboxylic acids is 1. The molecule has 4 unspecified atom stereocenters. The average Bonchev–Trinajstić information content (AvgIpc) is 3.17. The van der Waals surface area contributed by atoms with Gasteiger partial charge in [-0.1, -0.05) is 6.92 Å². The highest BCUT2D eigenvalue weighted by molar-refractivity contribution is 7.89. The van der Waals surface area contributed by atoms with Gasteiger partial charge in [-0.05, 0) is 80.5 Å². The number of nitroso groups, excluding NO2 is 1. The lowest BCUT2D eigenvalue weighted by Crippen LogP contribution is -2.50. The molecule has 38 heavy (non-hydrogen) atoms. The number of piperidine rings is 3. The highest BCUT2D eigenvalue weighted by Crippen LogP contribution is 2.42. The van der Waals surface area contributed by atoms with E-state index in [2.05, 4.69) is 6.92 Å². The first-order chi connectivity index (χ1) is 18.1. The van der Waals surface area contributed by atoms with Gasteiger partial charge in [0, 0.05) is 52.9 Å². The second-order valence-electron chi connectivity index (χ2n) is 12.2. The fraction of sp³-hybridized carbons (Fsp3) is 0.750.